The number of rotatable bonds is 6. The second-order valence-electron chi connectivity index (χ2n) is 7.22. The highest BCUT2D eigenvalue weighted by Crippen LogP contribution is 2.14. The van der Waals surface area contributed by atoms with Crippen molar-refractivity contribution in [3.05, 3.63) is 95.4 Å². The lowest BCUT2D eigenvalue weighted by atomic mass is 10.1. The summed E-state index contributed by atoms with van der Waals surface area (Å²) in [4.78, 5) is 24.9. The number of carbonyl (C=O) groups is 2. The van der Waals surface area contributed by atoms with Crippen molar-refractivity contribution >= 4 is 23.3 Å². The van der Waals surface area contributed by atoms with Crippen molar-refractivity contribution in [1.29, 1.82) is 0 Å². The van der Waals surface area contributed by atoms with Gasteiger partial charge in [-0.15, -0.1) is 0 Å². The number of amides is 2. The summed E-state index contributed by atoms with van der Waals surface area (Å²) in [5.41, 5.74) is 3.60. The molecule has 4 aromatic rings. The topological polar surface area (TPSA) is 93.8 Å². The Hall–Kier alpha value is -4.20. The lowest BCUT2D eigenvalue weighted by Gasteiger charge is -2.04. The van der Waals surface area contributed by atoms with Crippen molar-refractivity contribution in [2.75, 3.05) is 10.6 Å². The number of anilines is 2. The molecule has 0 aliphatic carbocycles. The van der Waals surface area contributed by atoms with Gasteiger partial charge in [0.1, 0.15) is 5.82 Å². The summed E-state index contributed by atoms with van der Waals surface area (Å²) in [5, 5.41) is 14.0. The van der Waals surface area contributed by atoms with Gasteiger partial charge in [0.05, 0.1) is 18.4 Å². The zero-order valence-corrected chi connectivity index (χ0v) is 17.2. The second-order valence-corrected chi connectivity index (χ2v) is 7.22. The van der Waals surface area contributed by atoms with Crippen molar-refractivity contribution in [2.45, 2.75) is 13.5 Å². The van der Waals surface area contributed by atoms with Crippen LogP contribution in [0, 0.1) is 6.92 Å². The molecular formula is C23H22N6O2. The molecule has 0 saturated heterocycles. The molecule has 0 fully saturated rings. The van der Waals surface area contributed by atoms with Crippen molar-refractivity contribution in [3.8, 4) is 0 Å². The molecule has 0 bridgehead atoms. The minimum Gasteiger partial charge on any atom is -0.318 e. The monoisotopic (exact) mass is 414 g/mol. The van der Waals surface area contributed by atoms with E-state index in [1.165, 1.54) is 16.3 Å². The van der Waals surface area contributed by atoms with Gasteiger partial charge in [-0.25, -0.2) is 0 Å². The minimum atomic E-state index is -0.384. The van der Waals surface area contributed by atoms with E-state index in [4.69, 9.17) is 0 Å². The molecule has 8 heteroatoms. The van der Waals surface area contributed by atoms with Crippen LogP contribution in [-0.2, 0) is 13.6 Å². The van der Waals surface area contributed by atoms with Gasteiger partial charge >= 0.3 is 0 Å². The van der Waals surface area contributed by atoms with E-state index < -0.39 is 0 Å². The fraction of sp³-hybridized carbons (Fsp3) is 0.130. The summed E-state index contributed by atoms with van der Waals surface area (Å²) in [6.07, 6.45) is 3.35. The number of hydrogen-bond donors (Lipinski definition) is 2. The molecule has 8 nitrogen and oxygen atoms in total. The van der Waals surface area contributed by atoms with Crippen LogP contribution in [0.1, 0.15) is 32.0 Å². The molecule has 0 unspecified atom stereocenters. The number of aromatic nitrogens is 4. The molecule has 2 aromatic carbocycles. The summed E-state index contributed by atoms with van der Waals surface area (Å²) in [6, 6.07) is 18.6. The first kappa shape index (κ1) is 20.1. The molecule has 0 saturated carbocycles. The van der Waals surface area contributed by atoms with Gasteiger partial charge in [-0.3, -0.25) is 19.0 Å². The van der Waals surface area contributed by atoms with Gasteiger partial charge in [0, 0.05) is 24.9 Å². The van der Waals surface area contributed by atoms with Crippen molar-refractivity contribution < 1.29 is 9.59 Å². The first-order valence-corrected chi connectivity index (χ1v) is 9.78. The number of hydrogen-bond acceptors (Lipinski definition) is 4. The molecule has 2 N–H and O–H groups in total. The van der Waals surface area contributed by atoms with Gasteiger partial charge in [0.25, 0.3) is 11.8 Å². The molecule has 0 aliphatic heterocycles. The Labute approximate surface area is 179 Å². The molecule has 0 spiro atoms. The van der Waals surface area contributed by atoms with Gasteiger partial charge in [0.15, 0.2) is 5.69 Å². The molecule has 2 aromatic heterocycles. The van der Waals surface area contributed by atoms with Gasteiger partial charge in [-0.05, 0) is 24.6 Å². The van der Waals surface area contributed by atoms with Crippen molar-refractivity contribution in [2.24, 2.45) is 7.05 Å². The zero-order chi connectivity index (χ0) is 21.8. The first-order valence-electron chi connectivity index (χ1n) is 9.78. The van der Waals surface area contributed by atoms with E-state index in [0.717, 1.165) is 5.56 Å². The molecule has 31 heavy (non-hydrogen) atoms. The second kappa shape index (κ2) is 8.66. The summed E-state index contributed by atoms with van der Waals surface area (Å²) >= 11 is 0. The summed E-state index contributed by atoms with van der Waals surface area (Å²) in [5.74, 6) is -0.229. The number of benzene rings is 2. The maximum absolute atomic E-state index is 12.6. The molecule has 0 radical (unpaired) electrons. The predicted octanol–water partition coefficient (Wildman–Crippen LogP) is 3.48. The Morgan fingerprint density at radius 3 is 2.45 bits per heavy atom. The lowest BCUT2D eigenvalue weighted by Crippen LogP contribution is -2.14. The molecule has 156 valence electrons. The fourth-order valence-electron chi connectivity index (χ4n) is 3.06. The smallest absolute Gasteiger partial charge is 0.276 e. The minimum absolute atomic E-state index is 0.192. The molecule has 4 rings (SSSR count). The maximum Gasteiger partial charge on any atom is 0.276 e. The number of nitrogens with one attached hydrogen (secondary N) is 2. The van der Waals surface area contributed by atoms with Gasteiger partial charge in [-0.1, -0.05) is 48.0 Å². The standard InChI is InChI=1S/C23H22N6O2/c1-16-8-10-17(11-9-16)14-29-15-19(13-24-29)25-23(31)20-12-21(28(2)27-20)26-22(30)18-6-4-3-5-7-18/h3-13,15H,14H2,1-2H3,(H,25,31)(H,26,30). The average molecular weight is 414 g/mol. The van der Waals surface area contributed by atoms with Crippen LogP contribution in [-0.4, -0.2) is 31.4 Å². The van der Waals surface area contributed by atoms with Crippen LogP contribution in [0.5, 0.6) is 0 Å². The number of carbonyl (C=O) groups excluding carboxylic acids is 2. The normalized spacial score (nSPS) is 10.6. The van der Waals surface area contributed by atoms with E-state index in [1.54, 1.807) is 48.4 Å². The SMILES string of the molecule is Cc1ccc(Cn2cc(NC(=O)c3cc(NC(=O)c4ccccc4)n(C)n3)cn2)cc1. The van der Waals surface area contributed by atoms with E-state index in [1.807, 2.05) is 13.0 Å². The summed E-state index contributed by atoms with van der Waals surface area (Å²) in [6.45, 7) is 2.65. The number of nitrogens with zero attached hydrogens (tertiary/aromatic N) is 4. The highest BCUT2D eigenvalue weighted by molar-refractivity contribution is 6.06. The quantitative estimate of drug-likeness (QED) is 0.505. The third kappa shape index (κ3) is 4.87. The van der Waals surface area contributed by atoms with E-state index in [0.29, 0.717) is 23.6 Å². The highest BCUT2D eigenvalue weighted by Gasteiger charge is 2.16. The lowest BCUT2D eigenvalue weighted by molar-refractivity contribution is 0.101. The molecular weight excluding hydrogens is 392 g/mol. The number of aryl methyl sites for hydroxylation is 2. The third-order valence-corrected chi connectivity index (χ3v) is 4.75. The first-order chi connectivity index (χ1) is 15.0. The van der Waals surface area contributed by atoms with Crippen LogP contribution in [0.4, 0.5) is 11.5 Å². The van der Waals surface area contributed by atoms with E-state index >= 15 is 0 Å². The third-order valence-electron chi connectivity index (χ3n) is 4.75. The highest BCUT2D eigenvalue weighted by atomic mass is 16.2. The van der Waals surface area contributed by atoms with E-state index in [9.17, 15) is 9.59 Å². The Balaban J connectivity index is 1.40. The van der Waals surface area contributed by atoms with Crippen LogP contribution in [0.3, 0.4) is 0 Å². The van der Waals surface area contributed by atoms with Crippen LogP contribution in [0.25, 0.3) is 0 Å². The Kier molecular flexibility index (Phi) is 5.61. The van der Waals surface area contributed by atoms with Crippen molar-refractivity contribution in [3.63, 3.8) is 0 Å². The van der Waals surface area contributed by atoms with Crippen LogP contribution in [0.2, 0.25) is 0 Å². The van der Waals surface area contributed by atoms with Crippen LogP contribution < -0.4 is 10.6 Å². The molecule has 0 atom stereocenters. The van der Waals surface area contributed by atoms with Crippen LogP contribution >= 0.6 is 0 Å². The summed E-state index contributed by atoms with van der Waals surface area (Å²) in [7, 11) is 1.66. The predicted molar refractivity (Wildman–Crippen MR) is 118 cm³/mol. The fourth-order valence-corrected chi connectivity index (χ4v) is 3.06. The van der Waals surface area contributed by atoms with Crippen molar-refractivity contribution in [1.82, 2.24) is 19.6 Å². The largest absolute Gasteiger partial charge is 0.318 e. The molecule has 0 aliphatic rings. The average Bonchev–Trinajstić information content (AvgIpc) is 3.36. The molecule has 2 heterocycles. The van der Waals surface area contributed by atoms with E-state index in [-0.39, 0.29) is 17.5 Å². The summed E-state index contributed by atoms with van der Waals surface area (Å²) < 4.78 is 3.21. The van der Waals surface area contributed by atoms with E-state index in [2.05, 4.69) is 45.1 Å². The van der Waals surface area contributed by atoms with Gasteiger partial charge in [-0.2, -0.15) is 10.2 Å². The Morgan fingerprint density at radius 1 is 0.968 bits per heavy atom. The van der Waals surface area contributed by atoms with Gasteiger partial charge < -0.3 is 10.6 Å². The zero-order valence-electron chi connectivity index (χ0n) is 17.2. The Bertz CT molecular complexity index is 1210. The van der Waals surface area contributed by atoms with Crippen LogP contribution in [0.15, 0.2) is 73.1 Å². The maximum atomic E-state index is 12.6. The van der Waals surface area contributed by atoms with Gasteiger partial charge in [0.2, 0.25) is 0 Å². The molecule has 2 amide bonds. The Morgan fingerprint density at radius 2 is 1.71 bits per heavy atom.